The van der Waals surface area contributed by atoms with Crippen LogP contribution < -0.4 is 5.32 Å². The number of nitrogens with zero attached hydrogens (tertiary/aromatic N) is 1. The largest absolute Gasteiger partial charge is 0.312 e. The maximum absolute atomic E-state index is 3.55. The molecule has 0 radical (unpaired) electrons. The first-order chi connectivity index (χ1) is 8.65. The molecule has 18 heavy (non-hydrogen) atoms. The predicted molar refractivity (Wildman–Crippen MR) is 77.5 cm³/mol. The van der Waals surface area contributed by atoms with Crippen LogP contribution in [0.25, 0.3) is 0 Å². The van der Waals surface area contributed by atoms with Gasteiger partial charge in [-0.05, 0) is 57.3 Å². The standard InChI is InChI=1S/C16H26N2/c1-13(2)18(3)12-16-6-4-5-15(9-16)11-17-10-14-7-8-14/h4-6,9,13-14,17H,7-8,10-12H2,1-3H3. The predicted octanol–water partition coefficient (Wildman–Crippen LogP) is 3.03. The van der Waals surface area contributed by atoms with Gasteiger partial charge in [0.1, 0.15) is 0 Å². The van der Waals surface area contributed by atoms with Gasteiger partial charge in [0.25, 0.3) is 0 Å². The monoisotopic (exact) mass is 246 g/mol. The van der Waals surface area contributed by atoms with E-state index in [4.69, 9.17) is 0 Å². The second-order valence-electron chi connectivity index (χ2n) is 5.90. The van der Waals surface area contributed by atoms with Crippen LogP contribution in [-0.2, 0) is 13.1 Å². The van der Waals surface area contributed by atoms with E-state index in [0.29, 0.717) is 6.04 Å². The summed E-state index contributed by atoms with van der Waals surface area (Å²) < 4.78 is 0. The van der Waals surface area contributed by atoms with E-state index in [1.807, 2.05) is 0 Å². The fraction of sp³-hybridized carbons (Fsp3) is 0.625. The van der Waals surface area contributed by atoms with Crippen LogP contribution in [0.5, 0.6) is 0 Å². The van der Waals surface area contributed by atoms with Gasteiger partial charge in [-0.25, -0.2) is 0 Å². The van der Waals surface area contributed by atoms with Gasteiger partial charge in [0.05, 0.1) is 0 Å². The Balaban J connectivity index is 1.83. The summed E-state index contributed by atoms with van der Waals surface area (Å²) in [7, 11) is 2.18. The molecular weight excluding hydrogens is 220 g/mol. The topological polar surface area (TPSA) is 15.3 Å². The summed E-state index contributed by atoms with van der Waals surface area (Å²) in [5.74, 6) is 0.959. The normalized spacial score (nSPS) is 15.6. The molecule has 2 heteroatoms. The molecule has 1 aliphatic rings. The number of rotatable bonds is 7. The maximum atomic E-state index is 3.55. The summed E-state index contributed by atoms with van der Waals surface area (Å²) in [6, 6.07) is 9.56. The lowest BCUT2D eigenvalue weighted by Gasteiger charge is -2.21. The third kappa shape index (κ3) is 4.43. The number of nitrogens with one attached hydrogen (secondary N) is 1. The van der Waals surface area contributed by atoms with Crippen molar-refractivity contribution in [1.29, 1.82) is 0 Å². The van der Waals surface area contributed by atoms with E-state index in [2.05, 4.69) is 55.4 Å². The van der Waals surface area contributed by atoms with E-state index in [9.17, 15) is 0 Å². The molecule has 0 saturated heterocycles. The molecule has 0 spiro atoms. The summed E-state index contributed by atoms with van der Waals surface area (Å²) in [6.45, 7) is 7.71. The molecule has 0 bridgehead atoms. The van der Waals surface area contributed by atoms with Crippen molar-refractivity contribution in [3.63, 3.8) is 0 Å². The molecule has 1 aromatic rings. The molecule has 2 nitrogen and oxygen atoms in total. The molecule has 1 saturated carbocycles. The van der Waals surface area contributed by atoms with Gasteiger partial charge < -0.3 is 5.32 Å². The quantitative estimate of drug-likeness (QED) is 0.795. The molecule has 1 N–H and O–H groups in total. The van der Waals surface area contributed by atoms with Crippen LogP contribution in [0.2, 0.25) is 0 Å². The molecule has 100 valence electrons. The van der Waals surface area contributed by atoms with Gasteiger partial charge in [-0.2, -0.15) is 0 Å². The molecule has 0 amide bonds. The zero-order chi connectivity index (χ0) is 13.0. The Morgan fingerprint density at radius 2 is 2.00 bits per heavy atom. The fourth-order valence-electron chi connectivity index (χ4n) is 2.05. The fourth-order valence-corrected chi connectivity index (χ4v) is 2.05. The molecule has 1 aromatic carbocycles. The van der Waals surface area contributed by atoms with Crippen molar-refractivity contribution in [2.24, 2.45) is 5.92 Å². The highest BCUT2D eigenvalue weighted by Gasteiger charge is 2.20. The van der Waals surface area contributed by atoms with Gasteiger partial charge in [0.2, 0.25) is 0 Å². The summed E-state index contributed by atoms with van der Waals surface area (Å²) in [5, 5.41) is 3.55. The lowest BCUT2D eigenvalue weighted by Crippen LogP contribution is -2.25. The summed E-state index contributed by atoms with van der Waals surface area (Å²) in [5.41, 5.74) is 2.82. The molecule has 1 fully saturated rings. The van der Waals surface area contributed by atoms with E-state index in [1.54, 1.807) is 0 Å². The molecule has 2 rings (SSSR count). The van der Waals surface area contributed by atoms with E-state index < -0.39 is 0 Å². The first-order valence-electron chi connectivity index (χ1n) is 7.14. The first-order valence-corrected chi connectivity index (χ1v) is 7.14. The minimum absolute atomic E-state index is 0.599. The smallest absolute Gasteiger partial charge is 0.0233 e. The molecule has 0 aliphatic heterocycles. The molecule has 0 aromatic heterocycles. The molecule has 1 aliphatic carbocycles. The Hall–Kier alpha value is -0.860. The van der Waals surface area contributed by atoms with Gasteiger partial charge in [-0.15, -0.1) is 0 Å². The SMILES string of the molecule is CC(C)N(C)Cc1cccc(CNCC2CC2)c1. The maximum Gasteiger partial charge on any atom is 0.0233 e. The van der Waals surface area contributed by atoms with Crippen molar-refractivity contribution < 1.29 is 0 Å². The molecule has 0 heterocycles. The highest BCUT2D eigenvalue weighted by atomic mass is 15.1. The highest BCUT2D eigenvalue weighted by molar-refractivity contribution is 5.23. The summed E-state index contributed by atoms with van der Waals surface area (Å²) in [4.78, 5) is 2.37. The van der Waals surface area contributed by atoms with Gasteiger partial charge in [-0.3, -0.25) is 4.90 Å². The Morgan fingerprint density at radius 3 is 2.67 bits per heavy atom. The molecular formula is C16H26N2. The molecule has 0 unspecified atom stereocenters. The van der Waals surface area contributed by atoms with Crippen molar-refractivity contribution >= 4 is 0 Å². The van der Waals surface area contributed by atoms with Gasteiger partial charge in [0, 0.05) is 19.1 Å². The zero-order valence-corrected chi connectivity index (χ0v) is 11.9. The van der Waals surface area contributed by atoms with Gasteiger partial charge in [0.15, 0.2) is 0 Å². The third-order valence-corrected chi connectivity index (χ3v) is 3.76. The van der Waals surface area contributed by atoms with Crippen LogP contribution in [0, 0.1) is 5.92 Å². The van der Waals surface area contributed by atoms with E-state index >= 15 is 0 Å². The van der Waals surface area contributed by atoms with E-state index in [0.717, 1.165) is 19.0 Å². The summed E-state index contributed by atoms with van der Waals surface area (Å²) in [6.07, 6.45) is 2.85. The van der Waals surface area contributed by atoms with Crippen molar-refractivity contribution in [1.82, 2.24) is 10.2 Å². The number of hydrogen-bond acceptors (Lipinski definition) is 2. The Bertz CT molecular complexity index is 369. The third-order valence-electron chi connectivity index (χ3n) is 3.76. The lowest BCUT2D eigenvalue weighted by molar-refractivity contribution is 0.266. The van der Waals surface area contributed by atoms with Crippen LogP contribution in [0.1, 0.15) is 37.8 Å². The second kappa shape index (κ2) is 6.35. The van der Waals surface area contributed by atoms with Crippen molar-refractivity contribution in [3.8, 4) is 0 Å². The Morgan fingerprint density at radius 1 is 1.28 bits per heavy atom. The average Bonchev–Trinajstić information content (AvgIpc) is 3.13. The molecule has 0 atom stereocenters. The lowest BCUT2D eigenvalue weighted by atomic mass is 10.1. The van der Waals surface area contributed by atoms with Crippen LogP contribution in [0.15, 0.2) is 24.3 Å². The first kappa shape index (κ1) is 13.6. The number of benzene rings is 1. The van der Waals surface area contributed by atoms with E-state index in [-0.39, 0.29) is 0 Å². The Kier molecular flexibility index (Phi) is 4.79. The van der Waals surface area contributed by atoms with Gasteiger partial charge >= 0.3 is 0 Å². The minimum atomic E-state index is 0.599. The highest BCUT2D eigenvalue weighted by Crippen LogP contribution is 2.27. The second-order valence-corrected chi connectivity index (χ2v) is 5.90. The van der Waals surface area contributed by atoms with Crippen LogP contribution in [0.3, 0.4) is 0 Å². The van der Waals surface area contributed by atoms with Crippen molar-refractivity contribution in [2.75, 3.05) is 13.6 Å². The average molecular weight is 246 g/mol. The Labute approximate surface area is 111 Å². The van der Waals surface area contributed by atoms with Gasteiger partial charge in [-0.1, -0.05) is 24.3 Å². The van der Waals surface area contributed by atoms with E-state index in [1.165, 1.54) is 30.5 Å². The minimum Gasteiger partial charge on any atom is -0.312 e. The van der Waals surface area contributed by atoms with Crippen LogP contribution in [0.4, 0.5) is 0 Å². The van der Waals surface area contributed by atoms with Crippen molar-refractivity contribution in [3.05, 3.63) is 35.4 Å². The summed E-state index contributed by atoms with van der Waals surface area (Å²) >= 11 is 0. The zero-order valence-electron chi connectivity index (χ0n) is 11.9. The number of hydrogen-bond donors (Lipinski definition) is 1. The van der Waals surface area contributed by atoms with Crippen molar-refractivity contribution in [2.45, 2.75) is 45.8 Å². The van der Waals surface area contributed by atoms with Crippen LogP contribution in [-0.4, -0.2) is 24.5 Å². The van der Waals surface area contributed by atoms with Crippen LogP contribution >= 0.6 is 0 Å².